The summed E-state index contributed by atoms with van der Waals surface area (Å²) in [5.41, 5.74) is 1.19. The van der Waals surface area contributed by atoms with E-state index < -0.39 is 0 Å². The number of benzene rings is 1. The van der Waals surface area contributed by atoms with Crippen molar-refractivity contribution in [1.82, 2.24) is 4.90 Å². The van der Waals surface area contributed by atoms with Crippen LogP contribution in [0.4, 0.5) is 0 Å². The molecule has 0 unspecified atom stereocenters. The maximum atomic E-state index is 12.8. The first-order valence-corrected chi connectivity index (χ1v) is 8.07. The van der Waals surface area contributed by atoms with E-state index in [9.17, 15) is 4.79 Å². The molecule has 3 nitrogen and oxygen atoms in total. The minimum absolute atomic E-state index is 0.167. The normalized spacial score (nSPS) is 28.0. The van der Waals surface area contributed by atoms with Crippen molar-refractivity contribution in [3.8, 4) is 5.75 Å². The third-order valence-corrected chi connectivity index (χ3v) is 5.00. The van der Waals surface area contributed by atoms with Gasteiger partial charge in [-0.15, -0.1) is 0 Å². The van der Waals surface area contributed by atoms with Gasteiger partial charge in [0.2, 0.25) is 5.91 Å². The van der Waals surface area contributed by atoms with Crippen LogP contribution in [0.5, 0.6) is 5.75 Å². The molecule has 1 heterocycles. The third kappa shape index (κ3) is 2.66. The van der Waals surface area contributed by atoms with E-state index in [1.54, 1.807) is 7.11 Å². The Kier molecular flexibility index (Phi) is 3.92. The second kappa shape index (κ2) is 5.70. The van der Waals surface area contributed by atoms with E-state index in [2.05, 4.69) is 24.8 Å². The smallest absolute Gasteiger partial charge is 0.226 e. The van der Waals surface area contributed by atoms with Crippen molar-refractivity contribution in [3.63, 3.8) is 0 Å². The van der Waals surface area contributed by atoms with E-state index in [4.69, 9.17) is 4.74 Å². The number of amides is 1. The van der Waals surface area contributed by atoms with Gasteiger partial charge in [-0.25, -0.2) is 0 Å². The molecule has 3 rings (SSSR count). The van der Waals surface area contributed by atoms with E-state index in [0.717, 1.165) is 31.6 Å². The van der Waals surface area contributed by atoms with Crippen molar-refractivity contribution in [1.29, 1.82) is 0 Å². The van der Waals surface area contributed by atoms with Gasteiger partial charge < -0.3 is 9.64 Å². The van der Waals surface area contributed by atoms with Gasteiger partial charge in [-0.2, -0.15) is 0 Å². The van der Waals surface area contributed by atoms with Crippen LogP contribution in [0.25, 0.3) is 0 Å². The lowest BCUT2D eigenvalue weighted by molar-refractivity contribution is -0.134. The van der Waals surface area contributed by atoms with Gasteiger partial charge in [0.05, 0.1) is 7.11 Å². The molecular weight excluding hydrogens is 262 g/mol. The maximum Gasteiger partial charge on any atom is 0.226 e. The highest BCUT2D eigenvalue weighted by Gasteiger charge is 2.48. The average Bonchev–Trinajstić information content (AvgIpc) is 3.13. The lowest BCUT2D eigenvalue weighted by Gasteiger charge is -2.28. The lowest BCUT2D eigenvalue weighted by atomic mass is 10.0. The Hall–Kier alpha value is -1.51. The van der Waals surface area contributed by atoms with Gasteiger partial charge in [0, 0.05) is 18.5 Å². The molecule has 1 aliphatic heterocycles. The molecule has 1 saturated heterocycles. The first kappa shape index (κ1) is 14.4. The van der Waals surface area contributed by atoms with Gasteiger partial charge >= 0.3 is 0 Å². The number of nitrogens with zero attached hydrogens (tertiary/aromatic N) is 1. The largest absolute Gasteiger partial charge is 0.496 e. The van der Waals surface area contributed by atoms with Crippen molar-refractivity contribution in [3.05, 3.63) is 29.8 Å². The number of hydrogen-bond acceptors (Lipinski definition) is 2. The van der Waals surface area contributed by atoms with E-state index in [0.29, 0.717) is 23.8 Å². The number of hydrogen-bond donors (Lipinski definition) is 0. The molecular formula is C18H25NO2. The zero-order valence-electron chi connectivity index (χ0n) is 13.2. The predicted molar refractivity (Wildman–Crippen MR) is 83.4 cm³/mol. The summed E-state index contributed by atoms with van der Waals surface area (Å²) >= 11 is 0. The molecule has 1 saturated carbocycles. The Labute approximate surface area is 127 Å². The predicted octanol–water partition coefficient (Wildman–Crippen LogP) is 3.45. The molecule has 0 radical (unpaired) electrons. The zero-order valence-corrected chi connectivity index (χ0v) is 13.2. The van der Waals surface area contributed by atoms with Crippen molar-refractivity contribution in [2.24, 2.45) is 11.8 Å². The summed E-state index contributed by atoms with van der Waals surface area (Å²) in [4.78, 5) is 14.9. The quantitative estimate of drug-likeness (QED) is 0.849. The molecule has 3 atom stereocenters. The Morgan fingerprint density at radius 1 is 1.33 bits per heavy atom. The van der Waals surface area contributed by atoms with Crippen LogP contribution in [-0.4, -0.2) is 30.5 Å². The summed E-state index contributed by atoms with van der Waals surface area (Å²) in [6, 6.07) is 8.54. The Morgan fingerprint density at radius 2 is 2.10 bits per heavy atom. The van der Waals surface area contributed by atoms with Crippen molar-refractivity contribution in [2.75, 3.05) is 13.7 Å². The minimum atomic E-state index is 0.167. The molecule has 1 amide bonds. The Balaban J connectivity index is 1.71. The first-order valence-electron chi connectivity index (χ1n) is 8.07. The van der Waals surface area contributed by atoms with Crippen molar-refractivity contribution in [2.45, 2.75) is 45.1 Å². The minimum Gasteiger partial charge on any atom is -0.496 e. The zero-order chi connectivity index (χ0) is 15.0. The number of likely N-dealkylation sites (tertiary alicyclic amines) is 1. The summed E-state index contributed by atoms with van der Waals surface area (Å²) in [6.45, 7) is 5.39. The van der Waals surface area contributed by atoms with Gasteiger partial charge in [-0.05, 0) is 42.7 Å². The Morgan fingerprint density at radius 3 is 2.81 bits per heavy atom. The number of ether oxygens (including phenoxy) is 1. The number of carbonyl (C=O) groups is 1. The molecule has 1 aromatic rings. The summed E-state index contributed by atoms with van der Waals surface area (Å²) in [7, 11) is 1.70. The SMILES string of the molecule is COc1ccccc1[C@H]1C[C@H]1C(=O)N1CCC[C@H]1C(C)C. The van der Waals surface area contributed by atoms with Crippen LogP contribution in [0, 0.1) is 11.8 Å². The topological polar surface area (TPSA) is 29.5 Å². The van der Waals surface area contributed by atoms with Crippen LogP contribution in [0.1, 0.15) is 44.6 Å². The molecule has 0 aromatic heterocycles. The second-order valence-electron chi connectivity index (χ2n) is 6.68. The van der Waals surface area contributed by atoms with Gasteiger partial charge in [-0.3, -0.25) is 4.79 Å². The van der Waals surface area contributed by atoms with Crippen LogP contribution in [0.15, 0.2) is 24.3 Å². The molecule has 1 aromatic carbocycles. The third-order valence-electron chi connectivity index (χ3n) is 5.00. The molecule has 2 aliphatic rings. The van der Waals surface area contributed by atoms with Crippen LogP contribution >= 0.6 is 0 Å². The molecule has 21 heavy (non-hydrogen) atoms. The number of rotatable bonds is 4. The fraction of sp³-hybridized carbons (Fsp3) is 0.611. The van der Waals surface area contributed by atoms with Gasteiger partial charge in [0.25, 0.3) is 0 Å². The van der Waals surface area contributed by atoms with Crippen molar-refractivity contribution < 1.29 is 9.53 Å². The standard InChI is InChI=1S/C18H25NO2/c1-12(2)16-8-6-10-19(16)18(20)15-11-14(15)13-7-4-5-9-17(13)21-3/h4-5,7,9,12,14-16H,6,8,10-11H2,1-3H3/t14-,15-,16+/m1/s1. The number of para-hydroxylation sites is 1. The van der Waals surface area contributed by atoms with Crippen LogP contribution < -0.4 is 4.74 Å². The summed E-state index contributed by atoms with van der Waals surface area (Å²) < 4.78 is 5.43. The molecule has 0 spiro atoms. The van der Waals surface area contributed by atoms with E-state index in [1.165, 1.54) is 5.56 Å². The van der Waals surface area contributed by atoms with Gasteiger partial charge in [-0.1, -0.05) is 32.0 Å². The molecule has 2 fully saturated rings. The average molecular weight is 287 g/mol. The van der Waals surface area contributed by atoms with E-state index >= 15 is 0 Å². The van der Waals surface area contributed by atoms with Crippen molar-refractivity contribution >= 4 is 5.91 Å². The summed E-state index contributed by atoms with van der Waals surface area (Å²) in [6.07, 6.45) is 3.29. The molecule has 1 aliphatic carbocycles. The fourth-order valence-corrected chi connectivity index (χ4v) is 3.76. The highest BCUT2D eigenvalue weighted by molar-refractivity contribution is 5.83. The van der Waals surface area contributed by atoms with Gasteiger partial charge in [0.15, 0.2) is 0 Å². The molecule has 0 N–H and O–H groups in total. The monoisotopic (exact) mass is 287 g/mol. The number of carbonyl (C=O) groups excluding carboxylic acids is 1. The Bertz CT molecular complexity index is 526. The van der Waals surface area contributed by atoms with E-state index in [-0.39, 0.29) is 5.92 Å². The van der Waals surface area contributed by atoms with Crippen LogP contribution in [0.2, 0.25) is 0 Å². The molecule has 3 heteroatoms. The molecule has 0 bridgehead atoms. The van der Waals surface area contributed by atoms with Crippen LogP contribution in [0.3, 0.4) is 0 Å². The highest BCUT2D eigenvalue weighted by atomic mass is 16.5. The maximum absolute atomic E-state index is 12.8. The van der Waals surface area contributed by atoms with Crippen LogP contribution in [-0.2, 0) is 4.79 Å². The first-order chi connectivity index (χ1) is 10.1. The second-order valence-corrected chi connectivity index (χ2v) is 6.68. The van der Waals surface area contributed by atoms with E-state index in [1.807, 2.05) is 18.2 Å². The number of methoxy groups -OCH3 is 1. The fourth-order valence-electron chi connectivity index (χ4n) is 3.76. The lowest BCUT2D eigenvalue weighted by Crippen LogP contribution is -2.39. The summed E-state index contributed by atoms with van der Waals surface area (Å²) in [5, 5.41) is 0. The molecule has 114 valence electrons. The van der Waals surface area contributed by atoms with Gasteiger partial charge in [0.1, 0.15) is 5.75 Å². The highest BCUT2D eigenvalue weighted by Crippen LogP contribution is 2.51. The summed E-state index contributed by atoms with van der Waals surface area (Å²) in [5.74, 6) is 2.35.